The zero-order valence-electron chi connectivity index (χ0n) is 10.4. The molecule has 2 rings (SSSR count). The van der Waals surface area contributed by atoms with Crippen LogP contribution < -0.4 is 10.0 Å². The van der Waals surface area contributed by atoms with Gasteiger partial charge in [0.15, 0.2) is 0 Å². The maximum Gasteiger partial charge on any atom is 0.265 e. The van der Waals surface area contributed by atoms with Gasteiger partial charge in [-0.25, -0.2) is 13.4 Å². The Hall–Kier alpha value is -2.15. The number of sulfonamides is 1. The van der Waals surface area contributed by atoms with E-state index in [1.807, 2.05) is 6.92 Å². The molecule has 0 unspecified atom stereocenters. The van der Waals surface area contributed by atoms with Gasteiger partial charge in [-0.15, -0.1) is 0 Å². The van der Waals surface area contributed by atoms with Crippen LogP contribution >= 0.6 is 0 Å². The molecule has 0 saturated carbocycles. The first-order valence-corrected chi connectivity index (χ1v) is 7.23. The average molecular weight is 278 g/mol. The molecule has 0 aliphatic heterocycles. The zero-order chi connectivity index (χ0) is 13.7. The molecule has 0 saturated heterocycles. The van der Waals surface area contributed by atoms with Crippen LogP contribution in [0.1, 0.15) is 6.92 Å². The van der Waals surface area contributed by atoms with Gasteiger partial charge in [0.2, 0.25) is 0 Å². The Kier molecular flexibility index (Phi) is 3.96. The van der Waals surface area contributed by atoms with Gasteiger partial charge in [-0.3, -0.25) is 9.71 Å². The molecule has 0 aromatic carbocycles. The summed E-state index contributed by atoms with van der Waals surface area (Å²) in [6.45, 7) is 2.46. The third-order valence-electron chi connectivity index (χ3n) is 2.32. The normalized spacial score (nSPS) is 11.0. The van der Waals surface area contributed by atoms with Crippen molar-refractivity contribution in [2.24, 2.45) is 0 Å². The molecular weight excluding hydrogens is 264 g/mol. The van der Waals surface area contributed by atoms with E-state index < -0.39 is 10.0 Å². The summed E-state index contributed by atoms with van der Waals surface area (Å²) in [5.41, 5.74) is 0.411. The number of hydrogen-bond acceptors (Lipinski definition) is 5. The zero-order valence-corrected chi connectivity index (χ0v) is 11.2. The van der Waals surface area contributed by atoms with Gasteiger partial charge < -0.3 is 5.32 Å². The van der Waals surface area contributed by atoms with Crippen LogP contribution in [0.4, 0.5) is 11.5 Å². The van der Waals surface area contributed by atoms with Gasteiger partial charge in [-0.2, -0.15) is 0 Å². The van der Waals surface area contributed by atoms with Crippen LogP contribution in [0.2, 0.25) is 0 Å². The maximum absolute atomic E-state index is 12.3. The number of pyridine rings is 2. The third kappa shape index (κ3) is 3.19. The molecule has 0 aliphatic carbocycles. The fourth-order valence-corrected chi connectivity index (χ4v) is 2.72. The Bertz CT molecular complexity index is 644. The highest BCUT2D eigenvalue weighted by Gasteiger charge is 2.19. The predicted octanol–water partition coefficient (Wildman–Crippen LogP) is 1.71. The average Bonchev–Trinajstić information content (AvgIpc) is 2.40. The van der Waals surface area contributed by atoms with Gasteiger partial charge in [0.05, 0.1) is 11.9 Å². The topological polar surface area (TPSA) is 84.0 Å². The fraction of sp³-hybridized carbons (Fsp3) is 0.167. The van der Waals surface area contributed by atoms with E-state index in [0.717, 1.165) is 0 Å². The lowest BCUT2D eigenvalue weighted by molar-refractivity contribution is 0.601. The number of anilines is 2. The van der Waals surface area contributed by atoms with Gasteiger partial charge in [0.25, 0.3) is 10.0 Å². The van der Waals surface area contributed by atoms with E-state index in [9.17, 15) is 8.42 Å². The van der Waals surface area contributed by atoms with Crippen molar-refractivity contribution in [2.45, 2.75) is 11.8 Å². The Labute approximate surface area is 112 Å². The van der Waals surface area contributed by atoms with Crippen LogP contribution in [-0.4, -0.2) is 24.9 Å². The summed E-state index contributed by atoms with van der Waals surface area (Å²) < 4.78 is 27.0. The molecule has 6 nitrogen and oxygen atoms in total. The minimum Gasteiger partial charge on any atom is -0.369 e. The summed E-state index contributed by atoms with van der Waals surface area (Å²) in [7, 11) is -3.68. The van der Waals surface area contributed by atoms with Crippen molar-refractivity contribution in [3.63, 3.8) is 0 Å². The highest BCUT2D eigenvalue weighted by Crippen LogP contribution is 2.20. The van der Waals surface area contributed by atoms with Gasteiger partial charge in [0, 0.05) is 18.9 Å². The van der Waals surface area contributed by atoms with Crippen molar-refractivity contribution < 1.29 is 8.42 Å². The minimum absolute atomic E-state index is 0.112. The van der Waals surface area contributed by atoms with E-state index in [-0.39, 0.29) is 4.90 Å². The van der Waals surface area contributed by atoms with Crippen LogP contribution in [0.15, 0.2) is 47.8 Å². The van der Waals surface area contributed by atoms with E-state index in [0.29, 0.717) is 18.1 Å². The molecule has 0 spiro atoms. The quantitative estimate of drug-likeness (QED) is 0.869. The molecule has 19 heavy (non-hydrogen) atoms. The highest BCUT2D eigenvalue weighted by molar-refractivity contribution is 7.92. The van der Waals surface area contributed by atoms with E-state index >= 15 is 0 Å². The smallest absolute Gasteiger partial charge is 0.265 e. The number of nitrogens with zero attached hydrogens (tertiary/aromatic N) is 2. The van der Waals surface area contributed by atoms with Gasteiger partial charge in [0.1, 0.15) is 10.7 Å². The van der Waals surface area contributed by atoms with Crippen LogP contribution in [0.5, 0.6) is 0 Å². The number of nitrogens with one attached hydrogen (secondary N) is 2. The summed E-state index contributed by atoms with van der Waals surface area (Å²) in [6, 6.07) is 6.38. The summed E-state index contributed by atoms with van der Waals surface area (Å²) in [6.07, 6.45) is 4.56. The Morgan fingerprint density at radius 2 is 2.00 bits per heavy atom. The van der Waals surface area contributed by atoms with E-state index in [4.69, 9.17) is 0 Å². The molecule has 0 aliphatic rings. The minimum atomic E-state index is -3.68. The molecule has 0 bridgehead atoms. The molecule has 7 heteroatoms. The lowest BCUT2D eigenvalue weighted by Gasteiger charge is -2.11. The number of hydrogen-bond donors (Lipinski definition) is 2. The summed E-state index contributed by atoms with van der Waals surface area (Å²) in [4.78, 5) is 8.01. The van der Waals surface area contributed by atoms with Crippen LogP contribution in [-0.2, 0) is 10.0 Å². The monoisotopic (exact) mass is 278 g/mol. The first kappa shape index (κ1) is 13.3. The van der Waals surface area contributed by atoms with E-state index in [2.05, 4.69) is 20.0 Å². The Morgan fingerprint density at radius 3 is 2.68 bits per heavy atom. The van der Waals surface area contributed by atoms with Crippen LogP contribution in [0.3, 0.4) is 0 Å². The molecular formula is C12H14N4O2S. The lowest BCUT2D eigenvalue weighted by atomic mass is 10.4. The molecule has 0 amide bonds. The molecule has 2 aromatic rings. The van der Waals surface area contributed by atoms with Crippen LogP contribution in [0.25, 0.3) is 0 Å². The summed E-state index contributed by atoms with van der Waals surface area (Å²) in [5.74, 6) is 0.335. The molecule has 0 atom stereocenters. The third-order valence-corrected chi connectivity index (χ3v) is 3.73. The number of aromatic nitrogens is 2. The molecule has 0 fully saturated rings. The lowest BCUT2D eigenvalue weighted by Crippen LogP contribution is -2.16. The predicted molar refractivity (Wildman–Crippen MR) is 73.4 cm³/mol. The van der Waals surface area contributed by atoms with Crippen molar-refractivity contribution in [3.05, 3.63) is 42.9 Å². The van der Waals surface area contributed by atoms with Crippen molar-refractivity contribution in [1.29, 1.82) is 0 Å². The fourth-order valence-electron chi connectivity index (χ4n) is 1.54. The molecule has 2 N–H and O–H groups in total. The standard InChI is InChI=1S/C12H14N4O2S/c1-2-14-12-11(6-4-8-15-12)19(17,18)16-10-5-3-7-13-9-10/h3-9,16H,2H2,1H3,(H,14,15). The van der Waals surface area contributed by atoms with Crippen molar-refractivity contribution >= 4 is 21.5 Å². The van der Waals surface area contributed by atoms with Crippen molar-refractivity contribution in [3.8, 4) is 0 Å². The first-order valence-electron chi connectivity index (χ1n) is 5.75. The second kappa shape index (κ2) is 5.66. The van der Waals surface area contributed by atoms with E-state index in [1.54, 1.807) is 30.6 Å². The van der Waals surface area contributed by atoms with E-state index in [1.165, 1.54) is 12.3 Å². The molecule has 100 valence electrons. The Balaban J connectivity index is 2.35. The number of rotatable bonds is 5. The first-order chi connectivity index (χ1) is 9.13. The summed E-state index contributed by atoms with van der Waals surface area (Å²) in [5, 5.41) is 2.92. The second-order valence-electron chi connectivity index (χ2n) is 3.73. The highest BCUT2D eigenvalue weighted by atomic mass is 32.2. The molecule has 2 heterocycles. The van der Waals surface area contributed by atoms with Gasteiger partial charge in [-0.05, 0) is 31.2 Å². The van der Waals surface area contributed by atoms with Crippen LogP contribution in [0, 0.1) is 0 Å². The summed E-state index contributed by atoms with van der Waals surface area (Å²) >= 11 is 0. The van der Waals surface area contributed by atoms with Crippen molar-refractivity contribution in [2.75, 3.05) is 16.6 Å². The largest absolute Gasteiger partial charge is 0.369 e. The maximum atomic E-state index is 12.3. The molecule has 0 radical (unpaired) electrons. The SMILES string of the molecule is CCNc1ncccc1S(=O)(=O)Nc1cccnc1. The second-order valence-corrected chi connectivity index (χ2v) is 5.38. The van der Waals surface area contributed by atoms with Gasteiger partial charge in [-0.1, -0.05) is 0 Å². The Morgan fingerprint density at radius 1 is 1.21 bits per heavy atom. The van der Waals surface area contributed by atoms with Crippen molar-refractivity contribution in [1.82, 2.24) is 9.97 Å². The van der Waals surface area contributed by atoms with Gasteiger partial charge >= 0.3 is 0 Å². The molecule has 2 aromatic heterocycles.